The number of hydrogen-bond acceptors (Lipinski definition) is 6. The lowest BCUT2D eigenvalue weighted by Gasteiger charge is -2.36. The predicted molar refractivity (Wildman–Crippen MR) is 110 cm³/mol. The molecule has 0 aliphatic carbocycles. The Morgan fingerprint density at radius 2 is 1.93 bits per heavy atom. The molecule has 6 N–H and O–H groups in total. The van der Waals surface area contributed by atoms with E-state index < -0.39 is 36.4 Å². The van der Waals surface area contributed by atoms with Gasteiger partial charge in [0, 0.05) is 42.1 Å². The molecule has 1 unspecified atom stereocenters. The summed E-state index contributed by atoms with van der Waals surface area (Å²) in [7, 11) is 0. The number of nitrogens with zero attached hydrogens (tertiary/aromatic N) is 2. The summed E-state index contributed by atoms with van der Waals surface area (Å²) < 4.78 is 0. The van der Waals surface area contributed by atoms with E-state index in [1.807, 2.05) is 0 Å². The van der Waals surface area contributed by atoms with Crippen LogP contribution in [-0.2, 0) is 9.59 Å². The van der Waals surface area contributed by atoms with Crippen LogP contribution < -0.4 is 11.1 Å². The van der Waals surface area contributed by atoms with E-state index in [2.05, 4.69) is 15.3 Å². The molecule has 1 aliphatic rings. The van der Waals surface area contributed by atoms with Crippen molar-refractivity contribution in [3.8, 4) is 0 Å². The molecule has 0 saturated heterocycles. The third-order valence-electron chi connectivity index (χ3n) is 4.95. The topological polar surface area (TPSA) is 161 Å². The van der Waals surface area contributed by atoms with Crippen LogP contribution in [-0.4, -0.2) is 63.4 Å². The van der Waals surface area contributed by atoms with E-state index >= 15 is 0 Å². The highest BCUT2D eigenvalue weighted by atomic mass is 16.4. The Hall–Kier alpha value is -3.66. The molecule has 0 spiro atoms. The number of fused-ring (bicyclic) bond motifs is 1. The quantitative estimate of drug-likeness (QED) is 0.413. The maximum absolute atomic E-state index is 13.4. The van der Waals surface area contributed by atoms with E-state index in [1.54, 1.807) is 42.7 Å². The zero-order valence-electron chi connectivity index (χ0n) is 16.1. The number of carboxylic acid groups (broad SMARTS) is 2. The third kappa shape index (κ3) is 4.33. The van der Waals surface area contributed by atoms with Crippen molar-refractivity contribution in [3.05, 3.63) is 53.2 Å². The van der Waals surface area contributed by atoms with Gasteiger partial charge in [0.2, 0.25) is 0 Å². The van der Waals surface area contributed by atoms with Crippen molar-refractivity contribution in [2.75, 3.05) is 18.5 Å². The molecular weight excluding hydrogens is 390 g/mol. The summed E-state index contributed by atoms with van der Waals surface area (Å²) in [5, 5.41) is 22.0. The molecular formula is C20H23N5O5. The fraction of sp³-hybridized carbons (Fsp3) is 0.300. The number of H-pyrrole nitrogens is 1. The third-order valence-corrected chi connectivity index (χ3v) is 4.95. The van der Waals surface area contributed by atoms with Crippen molar-refractivity contribution in [1.82, 2.24) is 9.88 Å². The highest BCUT2D eigenvalue weighted by Gasteiger charge is 2.37. The normalized spacial score (nSPS) is 14.3. The Labute approximate surface area is 172 Å². The van der Waals surface area contributed by atoms with Gasteiger partial charge in [-0.2, -0.15) is 0 Å². The van der Waals surface area contributed by atoms with Gasteiger partial charge in [0.1, 0.15) is 18.5 Å². The van der Waals surface area contributed by atoms with Crippen LogP contribution in [0.5, 0.6) is 0 Å². The van der Waals surface area contributed by atoms with E-state index in [1.165, 1.54) is 4.90 Å². The SMILES string of the molecule is NCC(c1c[nH]c2c1C=NCN2)N(C(=O)c1ccccc1)[C@@H](CCC(=O)O)C(=O)O. The second-order valence-electron chi connectivity index (χ2n) is 6.80. The number of anilines is 1. The van der Waals surface area contributed by atoms with Gasteiger partial charge in [-0.15, -0.1) is 0 Å². The first-order valence-corrected chi connectivity index (χ1v) is 9.41. The van der Waals surface area contributed by atoms with E-state index in [9.17, 15) is 19.5 Å². The molecule has 10 heteroatoms. The maximum Gasteiger partial charge on any atom is 0.326 e. The van der Waals surface area contributed by atoms with Crippen molar-refractivity contribution in [2.24, 2.45) is 10.7 Å². The van der Waals surface area contributed by atoms with Crippen molar-refractivity contribution in [1.29, 1.82) is 0 Å². The summed E-state index contributed by atoms with van der Waals surface area (Å²) in [5.41, 5.74) is 7.60. The zero-order chi connectivity index (χ0) is 21.7. The molecule has 3 rings (SSSR count). The minimum absolute atomic E-state index is 0.0619. The number of amides is 1. The molecule has 0 saturated carbocycles. The lowest BCUT2D eigenvalue weighted by Crippen LogP contribution is -2.49. The molecule has 0 radical (unpaired) electrons. The van der Waals surface area contributed by atoms with Crippen LogP contribution in [0.25, 0.3) is 0 Å². The van der Waals surface area contributed by atoms with Gasteiger partial charge in [-0.1, -0.05) is 18.2 Å². The number of nitrogens with two attached hydrogens (primary N) is 1. The zero-order valence-corrected chi connectivity index (χ0v) is 16.1. The van der Waals surface area contributed by atoms with Gasteiger partial charge in [0.15, 0.2) is 0 Å². The summed E-state index contributed by atoms with van der Waals surface area (Å²) in [4.78, 5) is 45.0. The van der Waals surface area contributed by atoms with Crippen molar-refractivity contribution >= 4 is 29.9 Å². The molecule has 1 aromatic carbocycles. The second-order valence-corrected chi connectivity index (χ2v) is 6.80. The van der Waals surface area contributed by atoms with Crippen LogP contribution >= 0.6 is 0 Å². The molecule has 2 aromatic rings. The van der Waals surface area contributed by atoms with Crippen molar-refractivity contribution in [2.45, 2.75) is 24.9 Å². The number of rotatable bonds is 9. The number of nitrogens with one attached hydrogen (secondary N) is 2. The monoisotopic (exact) mass is 413 g/mol. The standard InChI is InChI=1S/C20H23N5O5/c21-8-16(13-10-23-18-14(13)9-22-11-24-18)25(15(20(29)30)6-7-17(26)27)19(28)12-4-2-1-3-5-12/h1-5,9-10,15-16,23-24H,6-8,11,21H2,(H,26,27)(H,29,30)/t15-,16?/m0/s1. The second kappa shape index (κ2) is 9.23. The van der Waals surface area contributed by atoms with Crippen LogP contribution in [0.2, 0.25) is 0 Å². The number of aliphatic imine (C=N–C) groups is 1. The van der Waals surface area contributed by atoms with Crippen LogP contribution in [0.1, 0.15) is 40.4 Å². The van der Waals surface area contributed by atoms with Gasteiger partial charge in [-0.05, 0) is 18.6 Å². The molecule has 1 amide bonds. The Morgan fingerprint density at radius 3 is 2.57 bits per heavy atom. The molecule has 30 heavy (non-hydrogen) atoms. The highest BCUT2D eigenvalue weighted by Crippen LogP contribution is 2.32. The molecule has 0 bridgehead atoms. The van der Waals surface area contributed by atoms with Gasteiger partial charge in [0.05, 0.1) is 6.04 Å². The van der Waals surface area contributed by atoms with Crippen LogP contribution in [0.3, 0.4) is 0 Å². The molecule has 10 nitrogen and oxygen atoms in total. The number of aromatic amines is 1. The van der Waals surface area contributed by atoms with E-state index in [-0.39, 0.29) is 18.5 Å². The minimum atomic E-state index is -1.37. The van der Waals surface area contributed by atoms with Gasteiger partial charge >= 0.3 is 11.9 Å². The van der Waals surface area contributed by atoms with Crippen molar-refractivity contribution in [3.63, 3.8) is 0 Å². The summed E-state index contributed by atoms with van der Waals surface area (Å²) >= 11 is 0. The van der Waals surface area contributed by atoms with Crippen LogP contribution in [0.4, 0.5) is 5.82 Å². The van der Waals surface area contributed by atoms with E-state index in [4.69, 9.17) is 10.8 Å². The number of benzene rings is 1. The van der Waals surface area contributed by atoms with E-state index in [0.29, 0.717) is 23.6 Å². The Balaban J connectivity index is 2.08. The minimum Gasteiger partial charge on any atom is -0.481 e. The summed E-state index contributed by atoms with van der Waals surface area (Å²) in [6.07, 6.45) is 2.65. The van der Waals surface area contributed by atoms with E-state index in [0.717, 1.165) is 0 Å². The first kappa shape index (κ1) is 21.1. The smallest absolute Gasteiger partial charge is 0.326 e. The van der Waals surface area contributed by atoms with Gasteiger partial charge in [0.25, 0.3) is 5.91 Å². The Bertz CT molecular complexity index is 956. The predicted octanol–water partition coefficient (Wildman–Crippen LogP) is 1.28. The average Bonchev–Trinajstić information content (AvgIpc) is 3.17. The Morgan fingerprint density at radius 1 is 1.20 bits per heavy atom. The molecule has 1 aromatic heterocycles. The fourth-order valence-corrected chi connectivity index (χ4v) is 3.53. The van der Waals surface area contributed by atoms with Gasteiger partial charge in [-0.25, -0.2) is 4.79 Å². The number of carbonyl (C=O) groups excluding carboxylic acids is 1. The van der Waals surface area contributed by atoms with Crippen molar-refractivity contribution < 1.29 is 24.6 Å². The average molecular weight is 413 g/mol. The number of hydrogen-bond donors (Lipinski definition) is 5. The maximum atomic E-state index is 13.4. The number of carboxylic acids is 2. The molecule has 158 valence electrons. The first-order chi connectivity index (χ1) is 14.4. The summed E-state index contributed by atoms with van der Waals surface area (Å²) in [6.45, 7) is 0.330. The molecule has 2 heterocycles. The Kier molecular flexibility index (Phi) is 6.48. The number of aliphatic carboxylic acids is 2. The molecule has 0 fully saturated rings. The largest absolute Gasteiger partial charge is 0.481 e. The summed E-state index contributed by atoms with van der Waals surface area (Å²) in [6, 6.07) is 6.06. The fourth-order valence-electron chi connectivity index (χ4n) is 3.53. The van der Waals surface area contributed by atoms with Gasteiger partial charge in [-0.3, -0.25) is 14.6 Å². The lowest BCUT2D eigenvalue weighted by atomic mass is 9.98. The van der Waals surface area contributed by atoms with Crippen LogP contribution in [0.15, 0.2) is 41.5 Å². The summed E-state index contributed by atoms with van der Waals surface area (Å²) in [5.74, 6) is -2.29. The molecule has 2 atom stereocenters. The number of carbonyl (C=O) groups is 3. The highest BCUT2D eigenvalue weighted by molar-refractivity contribution is 5.97. The van der Waals surface area contributed by atoms with Gasteiger partial charge < -0.3 is 31.1 Å². The molecule has 1 aliphatic heterocycles. The first-order valence-electron chi connectivity index (χ1n) is 9.41. The lowest BCUT2D eigenvalue weighted by molar-refractivity contribution is -0.144. The van der Waals surface area contributed by atoms with Crippen LogP contribution in [0, 0.1) is 0 Å². The number of aromatic nitrogens is 1.